The van der Waals surface area contributed by atoms with E-state index in [4.69, 9.17) is 16.3 Å². The van der Waals surface area contributed by atoms with Gasteiger partial charge in [0.05, 0.1) is 12.5 Å². The highest BCUT2D eigenvalue weighted by Gasteiger charge is 2.04. The molecule has 2 rings (SSSR count). The molecule has 0 fully saturated rings. The molecule has 0 aliphatic heterocycles. The van der Waals surface area contributed by atoms with E-state index in [0.717, 1.165) is 29.8 Å². The fourth-order valence-electron chi connectivity index (χ4n) is 1.90. The van der Waals surface area contributed by atoms with Gasteiger partial charge in [0.15, 0.2) is 0 Å². The van der Waals surface area contributed by atoms with Gasteiger partial charge in [-0.1, -0.05) is 30.3 Å². The van der Waals surface area contributed by atoms with Crippen molar-refractivity contribution in [2.24, 2.45) is 0 Å². The lowest BCUT2D eigenvalue weighted by Crippen LogP contribution is -2.02. The number of ether oxygens (including phenoxy) is 1. The smallest absolute Gasteiger partial charge is 0.127 e. The third kappa shape index (κ3) is 4.25. The van der Waals surface area contributed by atoms with Crippen LogP contribution in [0.3, 0.4) is 0 Å². The van der Waals surface area contributed by atoms with Gasteiger partial charge in [-0.2, -0.15) is 0 Å². The zero-order valence-electron chi connectivity index (χ0n) is 11.1. The molecule has 0 atom stereocenters. The summed E-state index contributed by atoms with van der Waals surface area (Å²) in [5.74, 6) is 1.29. The van der Waals surface area contributed by atoms with E-state index in [0.29, 0.717) is 12.5 Å². The second-order valence-corrected chi connectivity index (χ2v) is 4.77. The van der Waals surface area contributed by atoms with Gasteiger partial charge in [0.1, 0.15) is 5.75 Å². The van der Waals surface area contributed by atoms with E-state index in [-0.39, 0.29) is 0 Å². The molecule has 0 spiro atoms. The maximum Gasteiger partial charge on any atom is 0.127 e. The Labute approximate surface area is 119 Å². The van der Waals surface area contributed by atoms with Crippen molar-refractivity contribution in [3.63, 3.8) is 0 Å². The topological polar surface area (TPSA) is 22.1 Å². The number of alkyl halides is 1. The van der Waals surface area contributed by atoms with Crippen LogP contribution in [0.5, 0.6) is 5.75 Å². The lowest BCUT2D eigenvalue weighted by molar-refractivity contribution is 0.308. The molecular weight excluding hydrogens is 258 g/mol. The van der Waals surface area contributed by atoms with Crippen LogP contribution in [-0.2, 0) is 12.3 Å². The Balaban J connectivity index is 1.84. The Morgan fingerprint density at radius 3 is 2.74 bits per heavy atom. The van der Waals surface area contributed by atoms with Crippen LogP contribution in [0.2, 0.25) is 0 Å². The number of aryl methyl sites for hydroxylation is 2. The fraction of sp³-hybridized carbons (Fsp3) is 0.312. The summed E-state index contributed by atoms with van der Waals surface area (Å²) in [6, 6.07) is 12.4. The molecular formula is C16H18ClNO. The summed E-state index contributed by atoms with van der Waals surface area (Å²) in [7, 11) is 0. The molecule has 100 valence electrons. The Morgan fingerprint density at radius 2 is 2.00 bits per heavy atom. The Hall–Kier alpha value is -1.54. The van der Waals surface area contributed by atoms with Crippen LogP contribution >= 0.6 is 11.6 Å². The first kappa shape index (κ1) is 13.9. The highest BCUT2D eigenvalue weighted by Crippen LogP contribution is 2.20. The minimum atomic E-state index is 0.432. The number of rotatable bonds is 6. The minimum absolute atomic E-state index is 0.432. The van der Waals surface area contributed by atoms with Crippen molar-refractivity contribution in [3.8, 4) is 5.75 Å². The zero-order valence-corrected chi connectivity index (χ0v) is 11.9. The van der Waals surface area contributed by atoms with Crippen molar-refractivity contribution in [2.75, 3.05) is 6.61 Å². The molecule has 0 aliphatic carbocycles. The average molecular weight is 276 g/mol. The van der Waals surface area contributed by atoms with Crippen molar-refractivity contribution >= 4 is 11.6 Å². The largest absolute Gasteiger partial charge is 0.493 e. The number of nitrogens with zero attached hydrogens (tertiary/aromatic N) is 1. The van der Waals surface area contributed by atoms with E-state index in [2.05, 4.69) is 29.2 Å². The maximum atomic E-state index is 5.87. The first-order chi connectivity index (χ1) is 9.29. The molecule has 2 aromatic rings. The van der Waals surface area contributed by atoms with Gasteiger partial charge in [0.2, 0.25) is 0 Å². The van der Waals surface area contributed by atoms with Crippen molar-refractivity contribution in [2.45, 2.75) is 25.6 Å². The van der Waals surface area contributed by atoms with Gasteiger partial charge in [-0.15, -0.1) is 11.6 Å². The van der Waals surface area contributed by atoms with E-state index in [9.17, 15) is 0 Å². The van der Waals surface area contributed by atoms with Crippen LogP contribution in [0.25, 0.3) is 0 Å². The van der Waals surface area contributed by atoms with Crippen LogP contribution in [0.1, 0.15) is 23.2 Å². The molecule has 0 saturated heterocycles. The molecule has 0 amide bonds. The fourth-order valence-corrected chi connectivity index (χ4v) is 2.10. The van der Waals surface area contributed by atoms with Gasteiger partial charge >= 0.3 is 0 Å². The Bertz CT molecular complexity index is 513. The number of hydrogen-bond donors (Lipinski definition) is 0. The monoisotopic (exact) mass is 275 g/mol. The van der Waals surface area contributed by atoms with Crippen molar-refractivity contribution in [3.05, 3.63) is 59.4 Å². The zero-order chi connectivity index (χ0) is 13.5. The lowest BCUT2D eigenvalue weighted by atomic mass is 10.1. The van der Waals surface area contributed by atoms with E-state index < -0.39 is 0 Å². The number of pyridine rings is 1. The molecule has 19 heavy (non-hydrogen) atoms. The predicted molar refractivity (Wildman–Crippen MR) is 78.8 cm³/mol. The molecule has 0 bridgehead atoms. The second kappa shape index (κ2) is 7.15. The summed E-state index contributed by atoms with van der Waals surface area (Å²) in [6.45, 7) is 2.65. The number of benzene rings is 1. The van der Waals surface area contributed by atoms with Gasteiger partial charge in [-0.25, -0.2) is 0 Å². The summed E-state index contributed by atoms with van der Waals surface area (Å²) in [4.78, 5) is 4.22. The first-order valence-electron chi connectivity index (χ1n) is 6.48. The number of halogens is 1. The van der Waals surface area contributed by atoms with E-state index >= 15 is 0 Å². The number of hydrogen-bond acceptors (Lipinski definition) is 2. The maximum absolute atomic E-state index is 5.87. The van der Waals surface area contributed by atoms with Crippen LogP contribution in [0.4, 0.5) is 0 Å². The molecule has 1 aromatic heterocycles. The van der Waals surface area contributed by atoms with Crippen molar-refractivity contribution in [1.82, 2.24) is 4.98 Å². The molecule has 0 saturated carbocycles. The number of aromatic nitrogens is 1. The quantitative estimate of drug-likeness (QED) is 0.584. The summed E-state index contributed by atoms with van der Waals surface area (Å²) in [6.07, 6.45) is 3.81. The Morgan fingerprint density at radius 1 is 1.21 bits per heavy atom. The standard InChI is InChI=1S/C16H18ClNO/c1-13-10-16(15(11-17)12-18-13)19-9-5-8-14-6-3-2-4-7-14/h2-4,6-7,10,12H,5,8-9,11H2,1H3. The first-order valence-corrected chi connectivity index (χ1v) is 7.01. The predicted octanol–water partition coefficient (Wildman–Crippen LogP) is 4.14. The average Bonchev–Trinajstić information content (AvgIpc) is 2.45. The summed E-state index contributed by atoms with van der Waals surface area (Å²) >= 11 is 5.87. The molecule has 0 aliphatic rings. The molecule has 0 unspecified atom stereocenters. The van der Waals surface area contributed by atoms with Gasteiger partial charge in [0, 0.05) is 23.5 Å². The Kier molecular flexibility index (Phi) is 5.22. The highest BCUT2D eigenvalue weighted by atomic mass is 35.5. The molecule has 3 heteroatoms. The van der Waals surface area contributed by atoms with Gasteiger partial charge in [-0.05, 0) is 25.3 Å². The third-order valence-corrected chi connectivity index (χ3v) is 3.22. The molecule has 1 heterocycles. The molecule has 0 radical (unpaired) electrons. The van der Waals surface area contributed by atoms with Crippen molar-refractivity contribution in [1.29, 1.82) is 0 Å². The molecule has 0 N–H and O–H groups in total. The highest BCUT2D eigenvalue weighted by molar-refractivity contribution is 6.17. The molecule has 1 aromatic carbocycles. The van der Waals surface area contributed by atoms with Gasteiger partial charge < -0.3 is 4.74 Å². The van der Waals surface area contributed by atoms with Crippen LogP contribution in [-0.4, -0.2) is 11.6 Å². The lowest BCUT2D eigenvalue weighted by Gasteiger charge is -2.10. The van der Waals surface area contributed by atoms with E-state index in [1.54, 1.807) is 6.20 Å². The second-order valence-electron chi connectivity index (χ2n) is 4.50. The SMILES string of the molecule is Cc1cc(OCCCc2ccccc2)c(CCl)cn1. The molecule has 2 nitrogen and oxygen atoms in total. The van der Waals surface area contributed by atoms with E-state index in [1.807, 2.05) is 19.1 Å². The van der Waals surface area contributed by atoms with Gasteiger partial charge in [-0.3, -0.25) is 4.98 Å². The van der Waals surface area contributed by atoms with Crippen LogP contribution in [0.15, 0.2) is 42.6 Å². The van der Waals surface area contributed by atoms with Gasteiger partial charge in [0.25, 0.3) is 0 Å². The van der Waals surface area contributed by atoms with Crippen LogP contribution in [0, 0.1) is 6.92 Å². The van der Waals surface area contributed by atoms with E-state index in [1.165, 1.54) is 5.56 Å². The summed E-state index contributed by atoms with van der Waals surface area (Å²) in [5.41, 5.74) is 3.24. The third-order valence-electron chi connectivity index (χ3n) is 2.93. The normalized spacial score (nSPS) is 10.4. The van der Waals surface area contributed by atoms with Crippen molar-refractivity contribution < 1.29 is 4.74 Å². The van der Waals surface area contributed by atoms with Crippen LogP contribution < -0.4 is 4.74 Å². The summed E-state index contributed by atoms with van der Waals surface area (Å²) in [5, 5.41) is 0. The minimum Gasteiger partial charge on any atom is -0.493 e. The summed E-state index contributed by atoms with van der Waals surface area (Å²) < 4.78 is 5.81.